The van der Waals surface area contributed by atoms with E-state index in [0.29, 0.717) is 17.7 Å². The molecule has 18 heavy (non-hydrogen) atoms. The second kappa shape index (κ2) is 5.10. The number of hydrogen-bond acceptors (Lipinski definition) is 3. The van der Waals surface area contributed by atoms with Gasteiger partial charge in [0.2, 0.25) is 0 Å². The minimum absolute atomic E-state index is 0.00122. The highest BCUT2D eigenvalue weighted by molar-refractivity contribution is 7.14. The van der Waals surface area contributed by atoms with Gasteiger partial charge in [-0.2, -0.15) is 0 Å². The predicted octanol–water partition coefficient (Wildman–Crippen LogP) is 2.35. The van der Waals surface area contributed by atoms with Gasteiger partial charge < -0.3 is 10.4 Å². The summed E-state index contributed by atoms with van der Waals surface area (Å²) in [5.74, 6) is -1.14. The third kappa shape index (κ3) is 2.72. The fourth-order valence-electron chi connectivity index (χ4n) is 2.28. The van der Waals surface area contributed by atoms with Gasteiger partial charge in [0.05, 0.1) is 10.8 Å². The van der Waals surface area contributed by atoms with Crippen molar-refractivity contribution >= 4 is 23.2 Å². The van der Waals surface area contributed by atoms with E-state index in [4.69, 9.17) is 5.11 Å². The van der Waals surface area contributed by atoms with Gasteiger partial charge in [0.15, 0.2) is 0 Å². The van der Waals surface area contributed by atoms with Gasteiger partial charge in [0, 0.05) is 10.9 Å². The van der Waals surface area contributed by atoms with Gasteiger partial charge >= 0.3 is 5.97 Å². The topological polar surface area (TPSA) is 66.4 Å². The van der Waals surface area contributed by atoms with Gasteiger partial charge in [-0.05, 0) is 44.7 Å². The Morgan fingerprint density at radius 1 is 1.39 bits per heavy atom. The Labute approximate surface area is 110 Å². The molecule has 0 bridgehead atoms. The fraction of sp³-hybridized carbons (Fsp3) is 0.538. The van der Waals surface area contributed by atoms with E-state index in [9.17, 15) is 9.59 Å². The Hall–Kier alpha value is -1.36. The van der Waals surface area contributed by atoms with E-state index < -0.39 is 5.97 Å². The molecule has 1 heterocycles. The molecule has 1 fully saturated rings. The average molecular weight is 267 g/mol. The molecule has 4 nitrogen and oxygen atoms in total. The van der Waals surface area contributed by atoms with Crippen molar-refractivity contribution in [2.75, 3.05) is 0 Å². The molecule has 0 aliphatic heterocycles. The number of rotatable bonds is 3. The largest absolute Gasteiger partial charge is 0.481 e. The number of thiophene rings is 1. The van der Waals surface area contributed by atoms with Crippen LogP contribution in [0.2, 0.25) is 0 Å². The number of carboxylic acid groups (broad SMARTS) is 1. The highest BCUT2D eigenvalue weighted by Gasteiger charge is 2.30. The van der Waals surface area contributed by atoms with Gasteiger partial charge in [-0.3, -0.25) is 9.59 Å². The van der Waals surface area contributed by atoms with Crippen LogP contribution in [0.3, 0.4) is 0 Å². The zero-order valence-corrected chi connectivity index (χ0v) is 11.3. The maximum atomic E-state index is 12.0. The van der Waals surface area contributed by atoms with Crippen molar-refractivity contribution < 1.29 is 14.7 Å². The van der Waals surface area contributed by atoms with Crippen LogP contribution in [0.4, 0.5) is 0 Å². The van der Waals surface area contributed by atoms with Crippen LogP contribution in [0.1, 0.15) is 39.4 Å². The summed E-state index contributed by atoms with van der Waals surface area (Å²) in [5.41, 5.74) is 1.12. The third-order valence-corrected chi connectivity index (χ3v) is 4.66. The number of aliphatic carboxylic acids is 1. The van der Waals surface area contributed by atoms with E-state index in [1.54, 1.807) is 0 Å². The predicted molar refractivity (Wildman–Crippen MR) is 70.0 cm³/mol. The van der Waals surface area contributed by atoms with Crippen LogP contribution in [0.25, 0.3) is 0 Å². The quantitative estimate of drug-likeness (QED) is 0.883. The van der Waals surface area contributed by atoms with Gasteiger partial charge in [-0.25, -0.2) is 0 Å². The van der Waals surface area contributed by atoms with Crippen molar-refractivity contribution in [3.63, 3.8) is 0 Å². The Morgan fingerprint density at radius 3 is 2.61 bits per heavy atom. The van der Waals surface area contributed by atoms with E-state index in [2.05, 4.69) is 5.32 Å². The summed E-state index contributed by atoms with van der Waals surface area (Å²) in [6, 6.07) is 1.89. The van der Waals surface area contributed by atoms with Crippen molar-refractivity contribution in [1.82, 2.24) is 5.32 Å². The molecule has 5 heteroatoms. The van der Waals surface area contributed by atoms with E-state index in [0.717, 1.165) is 16.9 Å². The minimum Gasteiger partial charge on any atom is -0.481 e. The summed E-state index contributed by atoms with van der Waals surface area (Å²) in [6.07, 6.45) is 1.96. The molecule has 2 N–H and O–H groups in total. The molecule has 1 aromatic heterocycles. The molecular weight excluding hydrogens is 250 g/mol. The van der Waals surface area contributed by atoms with Crippen molar-refractivity contribution in [1.29, 1.82) is 0 Å². The molecular formula is C13H17NO3S. The summed E-state index contributed by atoms with van der Waals surface area (Å²) in [4.78, 5) is 24.7. The number of carbonyl (C=O) groups is 2. The lowest BCUT2D eigenvalue weighted by atomic mass is 10.1. The zero-order chi connectivity index (χ0) is 13.3. The molecule has 1 aromatic rings. The van der Waals surface area contributed by atoms with Gasteiger partial charge in [0.25, 0.3) is 5.91 Å². The minimum atomic E-state index is -0.755. The normalized spacial score (nSPS) is 23.0. The van der Waals surface area contributed by atoms with Crippen LogP contribution in [0.15, 0.2) is 6.07 Å². The highest BCUT2D eigenvalue weighted by atomic mass is 32.1. The number of aryl methyl sites for hydroxylation is 2. The first-order valence-electron chi connectivity index (χ1n) is 6.08. The highest BCUT2D eigenvalue weighted by Crippen LogP contribution is 2.27. The lowest BCUT2D eigenvalue weighted by Crippen LogP contribution is -2.32. The molecule has 1 saturated carbocycles. The second-order valence-corrected chi connectivity index (χ2v) is 6.12. The van der Waals surface area contributed by atoms with Crippen LogP contribution in [0.5, 0.6) is 0 Å². The van der Waals surface area contributed by atoms with Crippen molar-refractivity contribution in [3.05, 3.63) is 21.4 Å². The van der Waals surface area contributed by atoms with E-state index in [-0.39, 0.29) is 17.9 Å². The maximum absolute atomic E-state index is 12.0. The second-order valence-electron chi connectivity index (χ2n) is 4.87. The summed E-state index contributed by atoms with van der Waals surface area (Å²) >= 11 is 1.48. The van der Waals surface area contributed by atoms with Crippen LogP contribution in [0, 0.1) is 19.8 Å². The van der Waals surface area contributed by atoms with Crippen molar-refractivity contribution in [2.45, 2.75) is 39.2 Å². The fourth-order valence-corrected chi connectivity index (χ4v) is 3.22. The SMILES string of the molecule is Cc1cc(C(=O)N[C@H]2CC[C@@H](C(=O)O)C2)sc1C. The lowest BCUT2D eigenvalue weighted by Gasteiger charge is -2.11. The molecule has 1 aliphatic rings. The van der Waals surface area contributed by atoms with E-state index >= 15 is 0 Å². The van der Waals surface area contributed by atoms with Gasteiger partial charge in [-0.15, -0.1) is 11.3 Å². The van der Waals surface area contributed by atoms with E-state index in [1.807, 2.05) is 19.9 Å². The van der Waals surface area contributed by atoms with Crippen molar-refractivity contribution in [3.8, 4) is 0 Å². The van der Waals surface area contributed by atoms with Gasteiger partial charge in [0.1, 0.15) is 0 Å². The summed E-state index contributed by atoms with van der Waals surface area (Å²) in [7, 11) is 0. The molecule has 2 atom stereocenters. The summed E-state index contributed by atoms with van der Waals surface area (Å²) in [6.45, 7) is 3.98. The first kappa shape index (κ1) is 13.1. The smallest absolute Gasteiger partial charge is 0.306 e. The molecule has 0 radical (unpaired) electrons. The van der Waals surface area contributed by atoms with Crippen molar-refractivity contribution in [2.24, 2.45) is 5.92 Å². The number of amides is 1. The number of carbonyl (C=O) groups excluding carboxylic acids is 1. The molecule has 1 aliphatic carbocycles. The van der Waals surface area contributed by atoms with Crippen LogP contribution >= 0.6 is 11.3 Å². The van der Waals surface area contributed by atoms with Crippen LogP contribution < -0.4 is 5.32 Å². The maximum Gasteiger partial charge on any atom is 0.306 e. The molecule has 0 aromatic carbocycles. The average Bonchev–Trinajstić information content (AvgIpc) is 2.87. The first-order valence-corrected chi connectivity index (χ1v) is 6.89. The molecule has 2 rings (SSSR count). The summed E-state index contributed by atoms with van der Waals surface area (Å²) in [5, 5.41) is 11.8. The number of nitrogens with one attached hydrogen (secondary N) is 1. The third-order valence-electron chi connectivity index (χ3n) is 3.51. The molecule has 98 valence electrons. The van der Waals surface area contributed by atoms with Crippen LogP contribution in [-0.2, 0) is 4.79 Å². The monoisotopic (exact) mass is 267 g/mol. The standard InChI is InChI=1S/C13H17NO3S/c1-7-5-11(18-8(7)2)12(15)14-10-4-3-9(6-10)13(16)17/h5,9-10H,3-4,6H2,1-2H3,(H,14,15)(H,16,17)/t9-,10+/m1/s1. The van der Waals surface area contributed by atoms with Gasteiger partial charge in [-0.1, -0.05) is 0 Å². The summed E-state index contributed by atoms with van der Waals surface area (Å²) < 4.78 is 0. The first-order chi connectivity index (χ1) is 8.47. The lowest BCUT2D eigenvalue weighted by molar-refractivity contribution is -0.141. The molecule has 1 amide bonds. The Bertz CT molecular complexity index is 461. The Morgan fingerprint density at radius 2 is 2.11 bits per heavy atom. The zero-order valence-electron chi connectivity index (χ0n) is 10.5. The number of carboxylic acids is 1. The Balaban J connectivity index is 1.94. The Kier molecular flexibility index (Phi) is 3.71. The molecule has 0 spiro atoms. The molecule has 0 unspecified atom stereocenters. The van der Waals surface area contributed by atoms with Crippen LogP contribution in [-0.4, -0.2) is 23.0 Å². The molecule has 0 saturated heterocycles. The van der Waals surface area contributed by atoms with E-state index in [1.165, 1.54) is 11.3 Å². The number of hydrogen-bond donors (Lipinski definition) is 2.